The van der Waals surface area contributed by atoms with Gasteiger partial charge in [-0.3, -0.25) is 4.79 Å². The smallest absolute Gasteiger partial charge is 0.220 e. The molecule has 1 atom stereocenters. The van der Waals surface area contributed by atoms with Crippen molar-refractivity contribution in [3.8, 4) is 5.75 Å². The first kappa shape index (κ1) is 13.2. The summed E-state index contributed by atoms with van der Waals surface area (Å²) < 4.78 is 7.29. The van der Waals surface area contributed by atoms with E-state index in [9.17, 15) is 4.79 Å². The number of halogens is 1. The Balaban J connectivity index is 1.97. The molecule has 3 rings (SSSR count). The number of aromatic nitrogens is 2. The minimum absolute atomic E-state index is 0.119. The van der Waals surface area contributed by atoms with E-state index in [1.165, 1.54) is 0 Å². The molecule has 0 bridgehead atoms. The lowest BCUT2D eigenvalue weighted by molar-refractivity contribution is -0.119. The number of alkyl halides is 1. The zero-order valence-corrected chi connectivity index (χ0v) is 12.0. The molecular weight excluding hydrogens is 278 g/mol. The number of nitrogens with zero attached hydrogens (tertiary/aromatic N) is 2. The van der Waals surface area contributed by atoms with Crippen molar-refractivity contribution in [1.29, 1.82) is 0 Å². The number of hydrogen-bond donors (Lipinski definition) is 1. The first-order valence-electron chi connectivity index (χ1n) is 6.59. The minimum Gasteiger partial charge on any atom is -0.497 e. The molecule has 0 aliphatic carbocycles. The van der Waals surface area contributed by atoms with Gasteiger partial charge in [0, 0.05) is 25.1 Å². The van der Waals surface area contributed by atoms with E-state index in [-0.39, 0.29) is 11.9 Å². The largest absolute Gasteiger partial charge is 0.497 e. The fraction of sp³-hybridized carbons (Fsp3) is 0.429. The van der Waals surface area contributed by atoms with Crippen LogP contribution in [0.15, 0.2) is 18.2 Å². The van der Waals surface area contributed by atoms with Crippen molar-refractivity contribution in [3.63, 3.8) is 0 Å². The zero-order valence-electron chi connectivity index (χ0n) is 11.2. The number of carbonyl (C=O) groups excluding carboxylic acids is 1. The molecule has 1 unspecified atom stereocenters. The predicted octanol–water partition coefficient (Wildman–Crippen LogP) is 2.06. The van der Waals surface area contributed by atoms with Gasteiger partial charge < -0.3 is 14.6 Å². The van der Waals surface area contributed by atoms with Gasteiger partial charge >= 0.3 is 0 Å². The Kier molecular flexibility index (Phi) is 3.53. The maximum absolute atomic E-state index is 11.3. The van der Waals surface area contributed by atoms with E-state index in [1.807, 2.05) is 18.2 Å². The number of nitrogens with one attached hydrogen (secondary N) is 1. The van der Waals surface area contributed by atoms with Gasteiger partial charge in [0.25, 0.3) is 0 Å². The van der Waals surface area contributed by atoms with E-state index in [0.29, 0.717) is 18.8 Å². The van der Waals surface area contributed by atoms with Crippen molar-refractivity contribution in [2.45, 2.75) is 31.3 Å². The highest BCUT2D eigenvalue weighted by molar-refractivity contribution is 6.16. The number of methoxy groups -OCH3 is 1. The summed E-state index contributed by atoms with van der Waals surface area (Å²) in [6, 6.07) is 5.94. The molecular formula is C14H16ClN3O2. The van der Waals surface area contributed by atoms with Crippen LogP contribution in [0, 0.1) is 0 Å². The number of amides is 1. The van der Waals surface area contributed by atoms with Crippen molar-refractivity contribution in [3.05, 3.63) is 24.0 Å². The van der Waals surface area contributed by atoms with Crippen LogP contribution >= 0.6 is 11.6 Å². The summed E-state index contributed by atoms with van der Waals surface area (Å²) in [7, 11) is 1.63. The fourth-order valence-corrected chi connectivity index (χ4v) is 2.83. The number of hydrogen-bond acceptors (Lipinski definition) is 3. The first-order valence-corrected chi connectivity index (χ1v) is 7.13. The molecule has 2 heterocycles. The van der Waals surface area contributed by atoms with Gasteiger partial charge in [0.1, 0.15) is 11.6 Å². The SMILES string of the molecule is COc1ccc2c(c1)nc(CCl)n2CC1CCC(=O)N1. The number of rotatable bonds is 4. The summed E-state index contributed by atoms with van der Waals surface area (Å²) in [5.74, 6) is 2.06. The topological polar surface area (TPSA) is 56.2 Å². The second kappa shape index (κ2) is 5.32. The molecule has 6 heteroatoms. The highest BCUT2D eigenvalue weighted by atomic mass is 35.5. The molecule has 1 amide bonds. The van der Waals surface area contributed by atoms with Gasteiger partial charge in [0.2, 0.25) is 5.91 Å². The van der Waals surface area contributed by atoms with E-state index < -0.39 is 0 Å². The van der Waals surface area contributed by atoms with Crippen LogP contribution in [0.25, 0.3) is 11.0 Å². The molecule has 5 nitrogen and oxygen atoms in total. The van der Waals surface area contributed by atoms with Gasteiger partial charge in [-0.05, 0) is 18.6 Å². The number of carbonyl (C=O) groups is 1. The van der Waals surface area contributed by atoms with Crippen LogP contribution in [0.4, 0.5) is 0 Å². The fourth-order valence-electron chi connectivity index (χ4n) is 2.63. The Morgan fingerprint density at radius 3 is 3.05 bits per heavy atom. The molecule has 1 saturated heterocycles. The van der Waals surface area contributed by atoms with Gasteiger partial charge in [0.15, 0.2) is 0 Å². The lowest BCUT2D eigenvalue weighted by atomic mass is 10.2. The van der Waals surface area contributed by atoms with Crippen molar-refractivity contribution in [2.24, 2.45) is 0 Å². The Bertz CT molecular complexity index is 653. The van der Waals surface area contributed by atoms with E-state index >= 15 is 0 Å². The van der Waals surface area contributed by atoms with Gasteiger partial charge in [-0.2, -0.15) is 0 Å². The molecule has 0 radical (unpaired) electrons. The van der Waals surface area contributed by atoms with E-state index in [1.54, 1.807) is 7.11 Å². The standard InChI is InChI=1S/C14H16ClN3O2/c1-20-10-3-4-12-11(6-10)17-13(7-15)18(12)8-9-2-5-14(19)16-9/h3-4,6,9H,2,5,7-8H2,1H3,(H,16,19). The molecule has 0 spiro atoms. The van der Waals surface area contributed by atoms with Crippen molar-refractivity contribution in [1.82, 2.24) is 14.9 Å². The van der Waals surface area contributed by atoms with Crippen LogP contribution in [0.1, 0.15) is 18.7 Å². The summed E-state index contributed by atoms with van der Waals surface area (Å²) >= 11 is 5.99. The lowest BCUT2D eigenvalue weighted by Gasteiger charge is -2.13. The summed E-state index contributed by atoms with van der Waals surface area (Å²) in [5.41, 5.74) is 1.88. The number of imidazole rings is 1. The van der Waals surface area contributed by atoms with Gasteiger partial charge in [-0.15, -0.1) is 11.6 Å². The average Bonchev–Trinajstić information content (AvgIpc) is 3.02. The molecule has 1 aliphatic rings. The third-order valence-electron chi connectivity index (χ3n) is 3.64. The van der Waals surface area contributed by atoms with Gasteiger partial charge in [-0.25, -0.2) is 4.98 Å². The van der Waals surface area contributed by atoms with Gasteiger partial charge in [0.05, 0.1) is 24.0 Å². The Hall–Kier alpha value is -1.75. The van der Waals surface area contributed by atoms with Crippen LogP contribution in [0.5, 0.6) is 5.75 Å². The zero-order chi connectivity index (χ0) is 14.1. The normalized spacial score (nSPS) is 18.5. The van der Waals surface area contributed by atoms with Crippen molar-refractivity contribution >= 4 is 28.5 Å². The molecule has 106 valence electrons. The van der Waals surface area contributed by atoms with E-state index in [0.717, 1.165) is 29.0 Å². The quantitative estimate of drug-likeness (QED) is 0.878. The number of benzene rings is 1. The maximum Gasteiger partial charge on any atom is 0.220 e. The second-order valence-electron chi connectivity index (χ2n) is 4.93. The van der Waals surface area contributed by atoms with Crippen molar-refractivity contribution in [2.75, 3.05) is 7.11 Å². The van der Waals surface area contributed by atoms with E-state index in [4.69, 9.17) is 16.3 Å². The molecule has 1 aromatic carbocycles. The first-order chi connectivity index (χ1) is 9.71. The van der Waals surface area contributed by atoms with Crippen molar-refractivity contribution < 1.29 is 9.53 Å². The summed E-state index contributed by atoms with van der Waals surface area (Å²) in [6.07, 6.45) is 1.46. The molecule has 1 aliphatic heterocycles. The molecule has 1 fully saturated rings. The monoisotopic (exact) mass is 293 g/mol. The average molecular weight is 294 g/mol. The molecule has 20 heavy (non-hydrogen) atoms. The Morgan fingerprint density at radius 2 is 2.40 bits per heavy atom. The summed E-state index contributed by atoms with van der Waals surface area (Å²) in [6.45, 7) is 0.705. The van der Waals surface area contributed by atoms with Crippen LogP contribution in [-0.4, -0.2) is 28.6 Å². The summed E-state index contributed by atoms with van der Waals surface area (Å²) in [4.78, 5) is 15.8. The van der Waals surface area contributed by atoms with Crippen LogP contribution in [-0.2, 0) is 17.2 Å². The van der Waals surface area contributed by atoms with Crippen LogP contribution < -0.4 is 10.1 Å². The Morgan fingerprint density at radius 1 is 1.55 bits per heavy atom. The van der Waals surface area contributed by atoms with Crippen LogP contribution in [0.3, 0.4) is 0 Å². The van der Waals surface area contributed by atoms with E-state index in [2.05, 4.69) is 14.9 Å². The predicted molar refractivity (Wildman–Crippen MR) is 77.0 cm³/mol. The van der Waals surface area contributed by atoms with Crippen LogP contribution in [0.2, 0.25) is 0 Å². The third kappa shape index (κ3) is 2.33. The highest BCUT2D eigenvalue weighted by Crippen LogP contribution is 2.24. The summed E-state index contributed by atoms with van der Waals surface area (Å²) in [5, 5.41) is 2.98. The Labute approximate surface area is 121 Å². The number of ether oxygens (including phenoxy) is 1. The lowest BCUT2D eigenvalue weighted by Crippen LogP contribution is -2.30. The second-order valence-corrected chi connectivity index (χ2v) is 5.20. The number of fused-ring (bicyclic) bond motifs is 1. The molecule has 0 saturated carbocycles. The maximum atomic E-state index is 11.3. The molecule has 2 aromatic rings. The minimum atomic E-state index is 0.119. The van der Waals surface area contributed by atoms with Gasteiger partial charge in [-0.1, -0.05) is 0 Å². The molecule has 1 aromatic heterocycles. The third-order valence-corrected chi connectivity index (χ3v) is 3.88. The highest BCUT2D eigenvalue weighted by Gasteiger charge is 2.23. The molecule has 1 N–H and O–H groups in total.